The monoisotopic (exact) mass is 101 g/mol. The van der Waals surface area contributed by atoms with Crippen LogP contribution in [0.25, 0.3) is 0 Å². The van der Waals surface area contributed by atoms with Crippen LogP contribution in [0.15, 0.2) is 0 Å². The lowest BCUT2D eigenvalue weighted by Gasteiger charge is -2.03. The van der Waals surface area contributed by atoms with Crippen molar-refractivity contribution in [1.29, 1.82) is 0 Å². The maximum Gasteiger partial charge on any atom is 0.00640 e. The molecule has 0 unspecified atom stereocenters. The molecule has 0 bridgehead atoms. The molecule has 0 atom stereocenters. The molecule has 0 aromatic rings. The van der Waals surface area contributed by atoms with Crippen molar-refractivity contribution in [2.24, 2.45) is 0 Å². The lowest BCUT2D eigenvalue weighted by Crippen LogP contribution is -2.20. The summed E-state index contributed by atoms with van der Waals surface area (Å²) >= 11 is 0. The zero-order chi connectivity index (χ0) is 5.11. The third kappa shape index (κ3) is 1.16. The molecule has 0 aliphatic heterocycles. The van der Waals surface area contributed by atoms with Gasteiger partial charge in [0.05, 0.1) is 0 Å². The normalized spacial score (nSPS) is 23.6. The first kappa shape index (κ1) is 5.10. The summed E-state index contributed by atoms with van der Waals surface area (Å²) in [5.41, 5.74) is 0. The van der Waals surface area contributed by atoms with Crippen molar-refractivity contribution < 1.29 is 1.43 Å². The molecule has 0 aromatic carbocycles. The highest BCUT2D eigenvalue weighted by molar-refractivity contribution is 4.70. The number of hydrogen-bond acceptors (Lipinski definition) is 1. The van der Waals surface area contributed by atoms with Crippen molar-refractivity contribution in [1.82, 2.24) is 5.32 Å². The second-order valence-corrected chi connectivity index (χ2v) is 2.27. The molecule has 0 saturated heterocycles. The molecule has 1 aliphatic carbocycles. The van der Waals surface area contributed by atoms with E-state index in [0.29, 0.717) is 0 Å². The van der Waals surface area contributed by atoms with Gasteiger partial charge in [-0.25, -0.2) is 0 Å². The quantitative estimate of drug-likeness (QED) is 0.526. The molecule has 0 radical (unpaired) electrons. The van der Waals surface area contributed by atoms with E-state index in [1.807, 2.05) is 0 Å². The number of nitrogens with one attached hydrogen (secondary N) is 1. The van der Waals surface area contributed by atoms with Gasteiger partial charge in [0, 0.05) is 7.47 Å². The largest absolute Gasteiger partial charge is 0.317 e. The van der Waals surface area contributed by atoms with Crippen molar-refractivity contribution in [3.05, 3.63) is 0 Å². The first-order valence-corrected chi connectivity index (χ1v) is 3.11. The molecule has 0 amide bonds. The van der Waals surface area contributed by atoms with Gasteiger partial charge in [0.15, 0.2) is 0 Å². The fourth-order valence-electron chi connectivity index (χ4n) is 1.21. The third-order valence-electron chi connectivity index (χ3n) is 1.76. The van der Waals surface area contributed by atoms with E-state index in [4.69, 9.17) is 0 Å². The van der Waals surface area contributed by atoms with Crippen molar-refractivity contribution in [3.63, 3.8) is 0 Å². The van der Waals surface area contributed by atoms with Crippen LogP contribution in [0.5, 0.6) is 0 Å². The van der Waals surface area contributed by atoms with E-state index in [2.05, 4.69) is 12.4 Å². The average Bonchev–Trinajstić information content (AvgIpc) is 2.14. The smallest absolute Gasteiger partial charge is 0.00640 e. The number of hydrogen-bond donors (Lipinski definition) is 1. The molecule has 0 heterocycles. The minimum absolute atomic E-state index is 0. The number of rotatable bonds is 1. The predicted molar refractivity (Wildman–Crippen MR) is 33.4 cm³/mol. The summed E-state index contributed by atoms with van der Waals surface area (Å²) < 4.78 is 0. The summed E-state index contributed by atoms with van der Waals surface area (Å²) in [6.45, 7) is 0. The molecule has 0 aromatic heterocycles. The fraction of sp³-hybridized carbons (Fsp3) is 1.00. The van der Waals surface area contributed by atoms with E-state index in [0.717, 1.165) is 6.04 Å². The van der Waals surface area contributed by atoms with Crippen LogP contribution in [0.1, 0.15) is 27.1 Å². The van der Waals surface area contributed by atoms with Gasteiger partial charge in [-0.2, -0.15) is 0 Å². The van der Waals surface area contributed by atoms with Gasteiger partial charge in [-0.05, 0) is 19.9 Å². The summed E-state index contributed by atoms with van der Waals surface area (Å²) in [4.78, 5) is 0. The zero-order valence-corrected chi connectivity index (χ0v) is 4.91. The van der Waals surface area contributed by atoms with Crippen molar-refractivity contribution in [3.8, 4) is 0 Å². The van der Waals surface area contributed by atoms with Crippen LogP contribution in [0.2, 0.25) is 0 Å². The maximum absolute atomic E-state index is 3.26. The second kappa shape index (κ2) is 2.31. The van der Waals surface area contributed by atoms with E-state index in [9.17, 15) is 0 Å². The highest BCUT2D eigenvalue weighted by atomic mass is 14.9. The van der Waals surface area contributed by atoms with Crippen LogP contribution in [-0.2, 0) is 0 Å². The molecule has 1 N–H and O–H groups in total. The van der Waals surface area contributed by atoms with Crippen molar-refractivity contribution in [2.45, 2.75) is 31.7 Å². The summed E-state index contributed by atoms with van der Waals surface area (Å²) in [5, 5.41) is 3.26. The third-order valence-corrected chi connectivity index (χ3v) is 1.76. The Morgan fingerprint density at radius 1 is 1.43 bits per heavy atom. The highest BCUT2D eigenvalue weighted by Gasteiger charge is 2.10. The Bertz CT molecular complexity index is 50.5. The van der Waals surface area contributed by atoms with E-state index < -0.39 is 0 Å². The minimum atomic E-state index is 0. The molecule has 1 aliphatic rings. The first-order chi connectivity index (χ1) is 3.43. The molecular formula is C6H15N. The minimum Gasteiger partial charge on any atom is -0.317 e. The van der Waals surface area contributed by atoms with Crippen LogP contribution in [-0.4, -0.2) is 13.1 Å². The molecule has 1 heteroatoms. The van der Waals surface area contributed by atoms with Gasteiger partial charge in [-0.1, -0.05) is 12.8 Å². The van der Waals surface area contributed by atoms with Gasteiger partial charge in [0.2, 0.25) is 0 Å². The summed E-state index contributed by atoms with van der Waals surface area (Å²) in [6.07, 6.45) is 5.67. The van der Waals surface area contributed by atoms with Crippen molar-refractivity contribution >= 4 is 0 Å². The van der Waals surface area contributed by atoms with Gasteiger partial charge >= 0.3 is 0 Å². The standard InChI is InChI=1S/C6H13N.H2/c1-7-6-4-2-3-5-6;/h6-7H,2-5H2,1H3;1H. The predicted octanol–water partition coefficient (Wildman–Crippen LogP) is 1.39. The Balaban J connectivity index is 0.000000490. The molecular weight excluding hydrogens is 86.1 g/mol. The Morgan fingerprint density at radius 2 is 2.00 bits per heavy atom. The summed E-state index contributed by atoms with van der Waals surface area (Å²) in [6, 6.07) is 0.847. The first-order valence-electron chi connectivity index (χ1n) is 3.11. The Kier molecular flexibility index (Phi) is 1.69. The topological polar surface area (TPSA) is 12.0 Å². The lowest BCUT2D eigenvalue weighted by atomic mass is 10.3. The van der Waals surface area contributed by atoms with E-state index in [1.54, 1.807) is 0 Å². The van der Waals surface area contributed by atoms with Gasteiger partial charge in [-0.15, -0.1) is 0 Å². The van der Waals surface area contributed by atoms with Crippen LogP contribution >= 0.6 is 0 Å². The van der Waals surface area contributed by atoms with Gasteiger partial charge in [-0.3, -0.25) is 0 Å². The summed E-state index contributed by atoms with van der Waals surface area (Å²) in [7, 11) is 2.05. The maximum atomic E-state index is 3.26. The molecule has 1 nitrogen and oxygen atoms in total. The highest BCUT2D eigenvalue weighted by Crippen LogP contribution is 2.16. The summed E-state index contributed by atoms with van der Waals surface area (Å²) in [5.74, 6) is 0. The van der Waals surface area contributed by atoms with Crippen LogP contribution in [0.4, 0.5) is 0 Å². The molecule has 0 spiro atoms. The fourth-order valence-corrected chi connectivity index (χ4v) is 1.21. The van der Waals surface area contributed by atoms with E-state index in [-0.39, 0.29) is 1.43 Å². The Labute approximate surface area is 46.6 Å². The van der Waals surface area contributed by atoms with Crippen LogP contribution < -0.4 is 5.32 Å². The van der Waals surface area contributed by atoms with Crippen LogP contribution in [0.3, 0.4) is 0 Å². The molecule has 1 fully saturated rings. The lowest BCUT2D eigenvalue weighted by molar-refractivity contribution is 0.582. The molecule has 44 valence electrons. The van der Waals surface area contributed by atoms with Gasteiger partial charge < -0.3 is 5.32 Å². The molecule has 1 saturated carbocycles. The Hall–Kier alpha value is -0.0400. The Morgan fingerprint density at radius 3 is 2.29 bits per heavy atom. The molecule has 1 rings (SSSR count). The van der Waals surface area contributed by atoms with Gasteiger partial charge in [0.25, 0.3) is 0 Å². The van der Waals surface area contributed by atoms with E-state index in [1.165, 1.54) is 25.7 Å². The molecule has 7 heavy (non-hydrogen) atoms. The zero-order valence-electron chi connectivity index (χ0n) is 4.91. The van der Waals surface area contributed by atoms with E-state index >= 15 is 0 Å². The SMILES string of the molecule is CNC1CCCC1.[HH]. The average molecular weight is 101 g/mol. The van der Waals surface area contributed by atoms with Crippen molar-refractivity contribution in [2.75, 3.05) is 7.05 Å². The van der Waals surface area contributed by atoms with Crippen LogP contribution in [0, 0.1) is 0 Å². The second-order valence-electron chi connectivity index (χ2n) is 2.27. The van der Waals surface area contributed by atoms with Gasteiger partial charge in [0.1, 0.15) is 0 Å².